The average molecular weight is 268 g/mol. The summed E-state index contributed by atoms with van der Waals surface area (Å²) in [5, 5.41) is 0. The number of carbonyl (C=O) groups is 1. The normalized spacial score (nSPS) is 30.5. The molecule has 90 valence electrons. The van der Waals surface area contributed by atoms with E-state index in [2.05, 4.69) is 0 Å². The molecule has 2 heterocycles. The summed E-state index contributed by atoms with van der Waals surface area (Å²) in [4.78, 5) is 12.2. The summed E-state index contributed by atoms with van der Waals surface area (Å²) in [6.07, 6.45) is 0. The predicted molar refractivity (Wildman–Crippen MR) is 67.1 cm³/mol. The van der Waals surface area contributed by atoms with Gasteiger partial charge in [-0.2, -0.15) is 11.8 Å². The van der Waals surface area contributed by atoms with Crippen LogP contribution < -0.4 is 0 Å². The molecule has 3 rings (SSSR count). The second kappa shape index (κ2) is 3.85. The van der Waals surface area contributed by atoms with Crippen molar-refractivity contribution in [3.05, 3.63) is 29.8 Å². The average Bonchev–Trinajstić information content (AvgIpc) is 2.82. The Bertz CT molecular complexity index is 577. The van der Waals surface area contributed by atoms with E-state index in [1.54, 1.807) is 23.9 Å². The molecule has 2 aliphatic rings. The van der Waals surface area contributed by atoms with Gasteiger partial charge in [-0.05, 0) is 11.6 Å². The Morgan fingerprint density at radius 3 is 2.65 bits per heavy atom. The molecule has 2 unspecified atom stereocenters. The van der Waals surface area contributed by atoms with Crippen LogP contribution >= 0.6 is 11.8 Å². The molecule has 1 saturated heterocycles. The Morgan fingerprint density at radius 2 is 1.94 bits per heavy atom. The van der Waals surface area contributed by atoms with Gasteiger partial charge < -0.3 is 0 Å². The summed E-state index contributed by atoms with van der Waals surface area (Å²) in [5.74, 6) is 1.35. The van der Waals surface area contributed by atoms with Crippen LogP contribution in [0.1, 0.15) is 11.5 Å². The van der Waals surface area contributed by atoms with Gasteiger partial charge >= 0.3 is 0 Å². The fourth-order valence-corrected chi connectivity index (χ4v) is 5.78. The minimum atomic E-state index is -3.18. The van der Waals surface area contributed by atoms with Gasteiger partial charge in [-0.25, -0.2) is 8.42 Å². The van der Waals surface area contributed by atoms with Crippen molar-refractivity contribution in [2.24, 2.45) is 5.92 Å². The van der Waals surface area contributed by atoms with Crippen LogP contribution in [0.4, 0.5) is 0 Å². The van der Waals surface area contributed by atoms with E-state index in [1.165, 1.54) is 0 Å². The van der Waals surface area contributed by atoms with Gasteiger partial charge in [0.2, 0.25) is 0 Å². The maximum absolute atomic E-state index is 12.0. The van der Waals surface area contributed by atoms with E-state index in [0.717, 1.165) is 11.3 Å². The Balaban J connectivity index is 2.08. The lowest BCUT2D eigenvalue weighted by Crippen LogP contribution is -2.21. The predicted octanol–water partition coefficient (Wildman–Crippen LogP) is 1.49. The van der Waals surface area contributed by atoms with E-state index < -0.39 is 9.84 Å². The molecule has 0 N–H and O–H groups in total. The van der Waals surface area contributed by atoms with Crippen LogP contribution in [0.3, 0.4) is 0 Å². The van der Waals surface area contributed by atoms with E-state index in [0.29, 0.717) is 10.6 Å². The quantitative estimate of drug-likeness (QED) is 0.774. The number of fused-ring (bicyclic) bond motifs is 1. The number of Topliss-reactive ketones (excluding diaryl/α,β-unsaturated/α-hetero) is 1. The Morgan fingerprint density at radius 1 is 1.18 bits per heavy atom. The summed E-state index contributed by atoms with van der Waals surface area (Å²) in [5.41, 5.74) is 0.841. The zero-order valence-electron chi connectivity index (χ0n) is 9.13. The first-order valence-corrected chi connectivity index (χ1v) is 8.32. The van der Waals surface area contributed by atoms with Crippen LogP contribution in [0.2, 0.25) is 0 Å². The highest BCUT2D eigenvalue weighted by Gasteiger charge is 2.42. The first kappa shape index (κ1) is 11.3. The summed E-state index contributed by atoms with van der Waals surface area (Å²) in [6, 6.07) is 7.08. The zero-order chi connectivity index (χ0) is 12.0. The lowest BCUT2D eigenvalue weighted by Gasteiger charge is -2.15. The lowest BCUT2D eigenvalue weighted by atomic mass is 9.87. The van der Waals surface area contributed by atoms with Crippen molar-refractivity contribution in [2.75, 3.05) is 17.3 Å². The molecule has 0 amide bonds. The van der Waals surface area contributed by atoms with Gasteiger partial charge in [-0.15, -0.1) is 0 Å². The number of hydrogen-bond donors (Lipinski definition) is 0. The van der Waals surface area contributed by atoms with Gasteiger partial charge in [0.15, 0.2) is 9.84 Å². The molecule has 1 fully saturated rings. The van der Waals surface area contributed by atoms with Crippen molar-refractivity contribution in [1.29, 1.82) is 0 Å². The van der Waals surface area contributed by atoms with Gasteiger partial charge in [0.1, 0.15) is 5.78 Å². The van der Waals surface area contributed by atoms with E-state index in [1.807, 2.05) is 12.1 Å². The van der Waals surface area contributed by atoms with Gasteiger partial charge in [0.05, 0.1) is 16.4 Å². The number of sulfone groups is 1. The van der Waals surface area contributed by atoms with Crippen molar-refractivity contribution in [3.63, 3.8) is 0 Å². The third-order valence-corrected chi connectivity index (χ3v) is 6.42. The molecule has 0 bridgehead atoms. The van der Waals surface area contributed by atoms with Crippen LogP contribution in [-0.2, 0) is 14.6 Å². The Hall–Kier alpha value is -0.810. The minimum absolute atomic E-state index is 0.101. The third-order valence-electron chi connectivity index (χ3n) is 3.49. The van der Waals surface area contributed by atoms with Crippen molar-refractivity contribution in [1.82, 2.24) is 0 Å². The summed E-state index contributed by atoms with van der Waals surface area (Å²) in [6.45, 7) is 0. The molecule has 1 aromatic rings. The van der Waals surface area contributed by atoms with E-state index in [4.69, 9.17) is 0 Å². The van der Waals surface area contributed by atoms with Crippen molar-refractivity contribution < 1.29 is 13.2 Å². The highest BCUT2D eigenvalue weighted by molar-refractivity contribution is 8.00. The SMILES string of the molecule is O=C1CSCC1C1CS(=O)(=O)c2ccccc21. The second-order valence-electron chi connectivity index (χ2n) is 4.51. The number of rotatable bonds is 1. The van der Waals surface area contributed by atoms with E-state index in [9.17, 15) is 13.2 Å². The monoisotopic (exact) mass is 268 g/mol. The first-order valence-electron chi connectivity index (χ1n) is 5.52. The molecule has 17 heavy (non-hydrogen) atoms. The maximum atomic E-state index is 12.0. The number of thioether (sulfide) groups is 1. The van der Waals surface area contributed by atoms with Crippen LogP contribution in [0.25, 0.3) is 0 Å². The van der Waals surface area contributed by atoms with Crippen LogP contribution in [-0.4, -0.2) is 31.5 Å². The smallest absolute Gasteiger partial charge is 0.179 e. The summed E-state index contributed by atoms with van der Waals surface area (Å²) in [7, 11) is -3.18. The molecule has 2 atom stereocenters. The van der Waals surface area contributed by atoms with Gasteiger partial charge in [0, 0.05) is 17.6 Å². The number of hydrogen-bond acceptors (Lipinski definition) is 4. The molecule has 5 heteroatoms. The molecule has 1 aromatic carbocycles. The van der Waals surface area contributed by atoms with E-state index in [-0.39, 0.29) is 23.4 Å². The number of ketones is 1. The molecule has 0 aromatic heterocycles. The first-order chi connectivity index (χ1) is 8.09. The highest BCUT2D eigenvalue weighted by Crippen LogP contribution is 2.42. The molecule has 0 spiro atoms. The van der Waals surface area contributed by atoms with Crippen molar-refractivity contribution in [2.45, 2.75) is 10.8 Å². The van der Waals surface area contributed by atoms with Gasteiger partial charge in [0.25, 0.3) is 0 Å². The topological polar surface area (TPSA) is 51.2 Å². The molecular formula is C12H12O3S2. The van der Waals surface area contributed by atoms with Crippen LogP contribution in [0.5, 0.6) is 0 Å². The Kier molecular flexibility index (Phi) is 2.56. The Labute approximate surface area is 105 Å². The van der Waals surface area contributed by atoms with Crippen molar-refractivity contribution in [3.8, 4) is 0 Å². The number of carbonyl (C=O) groups excluding carboxylic acids is 1. The van der Waals surface area contributed by atoms with Crippen LogP contribution in [0.15, 0.2) is 29.2 Å². The zero-order valence-corrected chi connectivity index (χ0v) is 10.8. The van der Waals surface area contributed by atoms with Crippen LogP contribution in [0, 0.1) is 5.92 Å². The molecule has 0 aliphatic carbocycles. The maximum Gasteiger partial charge on any atom is 0.179 e. The molecule has 2 aliphatic heterocycles. The number of benzene rings is 1. The lowest BCUT2D eigenvalue weighted by molar-refractivity contribution is -0.119. The summed E-state index contributed by atoms with van der Waals surface area (Å²) >= 11 is 1.61. The second-order valence-corrected chi connectivity index (χ2v) is 7.55. The third kappa shape index (κ3) is 1.72. The molecule has 0 radical (unpaired) electrons. The largest absolute Gasteiger partial charge is 0.298 e. The fourth-order valence-electron chi connectivity index (χ4n) is 2.65. The standard InChI is InChI=1S/C12H12O3S2/c13-11-6-16-5-9(11)10-7-17(14,15)12-4-2-1-3-8(10)12/h1-4,9-10H,5-7H2. The highest BCUT2D eigenvalue weighted by atomic mass is 32.2. The van der Waals surface area contributed by atoms with Gasteiger partial charge in [-0.1, -0.05) is 18.2 Å². The molecule has 0 saturated carbocycles. The molecule has 3 nitrogen and oxygen atoms in total. The molecular weight excluding hydrogens is 256 g/mol. The fraction of sp³-hybridized carbons (Fsp3) is 0.417. The summed E-state index contributed by atoms with van der Waals surface area (Å²) < 4.78 is 24.0. The van der Waals surface area contributed by atoms with E-state index >= 15 is 0 Å². The van der Waals surface area contributed by atoms with Gasteiger partial charge in [-0.3, -0.25) is 4.79 Å². The van der Waals surface area contributed by atoms with Crippen molar-refractivity contribution >= 4 is 27.4 Å². The minimum Gasteiger partial charge on any atom is -0.298 e.